The fourth-order valence-corrected chi connectivity index (χ4v) is 2.03. The van der Waals surface area contributed by atoms with Gasteiger partial charge in [0.1, 0.15) is 5.69 Å². The Morgan fingerprint density at radius 2 is 2.15 bits per heavy atom. The molecule has 9 nitrogen and oxygen atoms in total. The van der Waals surface area contributed by atoms with Gasteiger partial charge in [-0.1, -0.05) is 0 Å². The number of morpholine rings is 1. The van der Waals surface area contributed by atoms with Gasteiger partial charge in [-0.2, -0.15) is 0 Å². The van der Waals surface area contributed by atoms with Crippen LogP contribution in [0.15, 0.2) is 15.7 Å². The van der Waals surface area contributed by atoms with Crippen LogP contribution >= 0.6 is 0 Å². The van der Waals surface area contributed by atoms with Crippen molar-refractivity contribution in [2.45, 2.75) is 12.5 Å². The van der Waals surface area contributed by atoms with Crippen molar-refractivity contribution in [3.63, 3.8) is 0 Å². The van der Waals surface area contributed by atoms with Crippen molar-refractivity contribution in [2.24, 2.45) is 0 Å². The highest BCUT2D eigenvalue weighted by Gasteiger charge is 2.30. The van der Waals surface area contributed by atoms with Gasteiger partial charge >= 0.3 is 11.7 Å². The Morgan fingerprint density at radius 3 is 2.80 bits per heavy atom. The topological polar surface area (TPSA) is 133 Å². The van der Waals surface area contributed by atoms with Gasteiger partial charge in [-0.05, 0) is 0 Å². The number of carboxylic acid groups (broad SMARTS) is 1. The molecule has 1 aromatic heterocycles. The summed E-state index contributed by atoms with van der Waals surface area (Å²) in [6, 6.07) is 0.341. The van der Waals surface area contributed by atoms with E-state index in [1.54, 1.807) is 0 Å². The summed E-state index contributed by atoms with van der Waals surface area (Å²) in [5.41, 5.74) is -1.65. The van der Waals surface area contributed by atoms with Gasteiger partial charge in [-0.25, -0.2) is 4.79 Å². The number of aromatic nitrogens is 2. The Bertz CT molecular complexity index is 605. The predicted octanol–water partition coefficient (Wildman–Crippen LogP) is -1.62. The van der Waals surface area contributed by atoms with E-state index in [1.165, 1.54) is 4.90 Å². The molecule has 1 aliphatic heterocycles. The van der Waals surface area contributed by atoms with Gasteiger partial charge in [0.2, 0.25) is 0 Å². The number of hydrogen-bond acceptors (Lipinski definition) is 5. The van der Waals surface area contributed by atoms with E-state index in [0.29, 0.717) is 0 Å². The average molecular weight is 283 g/mol. The second-order valence-corrected chi connectivity index (χ2v) is 4.33. The molecule has 2 heterocycles. The lowest BCUT2D eigenvalue weighted by Gasteiger charge is -2.34. The maximum atomic E-state index is 12.3. The molecule has 0 spiro atoms. The molecule has 0 bridgehead atoms. The molecule has 3 N–H and O–H groups in total. The number of ether oxygens (including phenoxy) is 1. The molecule has 1 unspecified atom stereocenters. The van der Waals surface area contributed by atoms with E-state index in [2.05, 4.69) is 4.98 Å². The number of carbonyl (C=O) groups is 2. The molecule has 0 aromatic carbocycles. The SMILES string of the molecule is O=C(O)CC1COCCN1C(=O)c1cc(=O)[nH]c(=O)[nH]1. The summed E-state index contributed by atoms with van der Waals surface area (Å²) in [6.07, 6.45) is -0.265. The highest BCUT2D eigenvalue weighted by Crippen LogP contribution is 2.13. The molecule has 1 aliphatic rings. The second-order valence-electron chi connectivity index (χ2n) is 4.33. The zero-order chi connectivity index (χ0) is 14.7. The Balaban J connectivity index is 2.27. The summed E-state index contributed by atoms with van der Waals surface area (Å²) >= 11 is 0. The van der Waals surface area contributed by atoms with Gasteiger partial charge in [0.25, 0.3) is 11.5 Å². The molecular formula is C11H13N3O6. The molecule has 20 heavy (non-hydrogen) atoms. The summed E-state index contributed by atoms with van der Waals surface area (Å²) in [5.74, 6) is -1.65. The van der Waals surface area contributed by atoms with E-state index >= 15 is 0 Å². The van der Waals surface area contributed by atoms with E-state index in [4.69, 9.17) is 9.84 Å². The van der Waals surface area contributed by atoms with Crippen molar-refractivity contribution >= 4 is 11.9 Å². The minimum atomic E-state index is -1.06. The summed E-state index contributed by atoms with van der Waals surface area (Å²) in [5, 5.41) is 8.82. The van der Waals surface area contributed by atoms with Crippen LogP contribution in [0, 0.1) is 0 Å². The van der Waals surface area contributed by atoms with Crippen LogP contribution in [0.25, 0.3) is 0 Å². The minimum absolute atomic E-state index is 0.103. The number of nitrogens with zero attached hydrogens (tertiary/aromatic N) is 1. The number of amides is 1. The molecule has 0 aliphatic carbocycles. The maximum Gasteiger partial charge on any atom is 0.326 e. The van der Waals surface area contributed by atoms with Crippen molar-refractivity contribution in [1.29, 1.82) is 0 Å². The molecule has 1 amide bonds. The number of nitrogens with one attached hydrogen (secondary N) is 2. The fourth-order valence-electron chi connectivity index (χ4n) is 2.03. The molecule has 108 valence electrons. The first kappa shape index (κ1) is 14.0. The predicted molar refractivity (Wildman–Crippen MR) is 65.6 cm³/mol. The lowest BCUT2D eigenvalue weighted by atomic mass is 10.1. The van der Waals surface area contributed by atoms with Gasteiger partial charge < -0.3 is 19.7 Å². The van der Waals surface area contributed by atoms with E-state index in [1.807, 2.05) is 4.98 Å². The smallest absolute Gasteiger partial charge is 0.326 e. The molecule has 0 saturated carbocycles. The molecule has 1 fully saturated rings. The van der Waals surface area contributed by atoms with Crippen molar-refractivity contribution < 1.29 is 19.4 Å². The number of aliphatic carboxylic acids is 1. The van der Waals surface area contributed by atoms with Crippen molar-refractivity contribution in [1.82, 2.24) is 14.9 Å². The maximum absolute atomic E-state index is 12.3. The first-order chi connectivity index (χ1) is 9.47. The van der Waals surface area contributed by atoms with Crippen LogP contribution in [-0.4, -0.2) is 57.7 Å². The lowest BCUT2D eigenvalue weighted by Crippen LogP contribution is -2.50. The summed E-state index contributed by atoms with van der Waals surface area (Å²) in [7, 11) is 0. The summed E-state index contributed by atoms with van der Waals surface area (Å²) in [6.45, 7) is 0.576. The lowest BCUT2D eigenvalue weighted by molar-refractivity contribution is -0.139. The molecule has 9 heteroatoms. The zero-order valence-electron chi connectivity index (χ0n) is 10.4. The van der Waals surface area contributed by atoms with E-state index in [-0.39, 0.29) is 31.9 Å². The number of rotatable bonds is 3. The third-order valence-corrected chi connectivity index (χ3v) is 2.89. The van der Waals surface area contributed by atoms with E-state index in [0.717, 1.165) is 6.07 Å². The third kappa shape index (κ3) is 3.12. The first-order valence-electron chi connectivity index (χ1n) is 5.91. The van der Waals surface area contributed by atoms with Gasteiger partial charge in [0.05, 0.1) is 25.7 Å². The largest absolute Gasteiger partial charge is 0.481 e. The van der Waals surface area contributed by atoms with Gasteiger partial charge in [0, 0.05) is 12.6 Å². The Morgan fingerprint density at radius 1 is 1.40 bits per heavy atom. The molecule has 0 radical (unpaired) electrons. The molecule has 1 aromatic rings. The van der Waals surface area contributed by atoms with Crippen LogP contribution in [0.1, 0.15) is 16.9 Å². The van der Waals surface area contributed by atoms with Crippen LogP contribution in [0.3, 0.4) is 0 Å². The molecule has 2 rings (SSSR count). The highest BCUT2D eigenvalue weighted by molar-refractivity contribution is 5.92. The number of carboxylic acids is 1. The molecule has 1 saturated heterocycles. The molecular weight excluding hydrogens is 270 g/mol. The van der Waals surface area contributed by atoms with Crippen molar-refractivity contribution in [3.05, 3.63) is 32.6 Å². The standard InChI is InChI=1S/C11H13N3O6/c15-8-4-7(12-11(19)13-8)10(18)14-1-2-20-5-6(14)3-9(16)17/h4,6H,1-3,5H2,(H,16,17)(H2,12,13,15,19). The third-order valence-electron chi connectivity index (χ3n) is 2.89. The van der Waals surface area contributed by atoms with Crippen LogP contribution < -0.4 is 11.2 Å². The molecule has 1 atom stereocenters. The van der Waals surface area contributed by atoms with E-state index in [9.17, 15) is 19.2 Å². The van der Waals surface area contributed by atoms with Crippen LogP contribution in [0.2, 0.25) is 0 Å². The summed E-state index contributed by atoms with van der Waals surface area (Å²) in [4.78, 5) is 50.9. The number of H-pyrrole nitrogens is 2. The summed E-state index contributed by atoms with van der Waals surface area (Å²) < 4.78 is 5.15. The van der Waals surface area contributed by atoms with Crippen LogP contribution in [0.5, 0.6) is 0 Å². The minimum Gasteiger partial charge on any atom is -0.481 e. The van der Waals surface area contributed by atoms with Crippen molar-refractivity contribution in [3.8, 4) is 0 Å². The van der Waals surface area contributed by atoms with Gasteiger partial charge in [-0.3, -0.25) is 19.4 Å². The van der Waals surface area contributed by atoms with Crippen LogP contribution in [0.4, 0.5) is 0 Å². The van der Waals surface area contributed by atoms with Gasteiger partial charge in [0.15, 0.2) is 0 Å². The second kappa shape index (κ2) is 5.70. The fraction of sp³-hybridized carbons (Fsp3) is 0.455. The normalized spacial score (nSPS) is 18.8. The highest BCUT2D eigenvalue weighted by atomic mass is 16.5. The van der Waals surface area contributed by atoms with E-state index < -0.39 is 29.2 Å². The first-order valence-corrected chi connectivity index (χ1v) is 5.91. The Labute approximate surface area is 112 Å². The quantitative estimate of drug-likeness (QED) is 0.610. The monoisotopic (exact) mass is 283 g/mol. The van der Waals surface area contributed by atoms with Crippen molar-refractivity contribution in [2.75, 3.05) is 19.8 Å². The number of carbonyl (C=O) groups excluding carboxylic acids is 1. The van der Waals surface area contributed by atoms with Gasteiger partial charge in [-0.15, -0.1) is 0 Å². The number of hydrogen-bond donors (Lipinski definition) is 3. The Kier molecular flexibility index (Phi) is 3.99. The van der Waals surface area contributed by atoms with Crippen LogP contribution in [-0.2, 0) is 9.53 Å². The zero-order valence-corrected chi connectivity index (χ0v) is 10.4. The Hall–Kier alpha value is -2.42. The number of aromatic amines is 2. The average Bonchev–Trinajstić information content (AvgIpc) is 2.36.